The lowest BCUT2D eigenvalue weighted by Gasteiger charge is -2.42. The number of carbonyl (C=O) groups excluding carboxylic acids is 1. The zero-order chi connectivity index (χ0) is 29.5. The molecule has 1 saturated heterocycles. The molecule has 0 bridgehead atoms. The molecule has 0 spiro atoms. The van der Waals surface area contributed by atoms with Gasteiger partial charge in [0.05, 0.1) is 18.8 Å². The van der Waals surface area contributed by atoms with Crippen molar-refractivity contribution in [2.45, 2.75) is 52.0 Å². The molecule has 218 valence electrons. The smallest absolute Gasteiger partial charge is 0.217 e. The lowest BCUT2D eigenvalue weighted by atomic mass is 9.90. The summed E-state index contributed by atoms with van der Waals surface area (Å²) >= 11 is 0. The number of hydrogen-bond donors (Lipinski definition) is 2. The van der Waals surface area contributed by atoms with Gasteiger partial charge in [-0.3, -0.25) is 9.69 Å². The molecular weight excluding hydrogens is 524 g/mol. The first-order valence-corrected chi connectivity index (χ1v) is 14.6. The molecule has 0 saturated carbocycles. The van der Waals surface area contributed by atoms with E-state index in [1.165, 1.54) is 12.5 Å². The van der Waals surface area contributed by atoms with Gasteiger partial charge in [-0.1, -0.05) is 104 Å². The highest BCUT2D eigenvalue weighted by molar-refractivity contribution is 5.73. The van der Waals surface area contributed by atoms with Gasteiger partial charge in [-0.15, -0.1) is 0 Å². The standard InChI is InChI=1S/C36H40N2O4/c1-25-34(23-38(3)22-27-8-5-4-6-9-27)41-36(42-35(25)31-14-12-28(24-39)13-15-31)32-18-16-30(17-19-32)33-11-7-10-29(20-33)21-37-26(2)40/h4-20,25,34-36,39H,21-24H2,1-3H3,(H,37,40)/t25-,34+,35+,36+/m1/s1. The molecule has 6 nitrogen and oxygen atoms in total. The molecule has 0 radical (unpaired) electrons. The number of aliphatic hydroxyl groups excluding tert-OH is 1. The van der Waals surface area contributed by atoms with Crippen LogP contribution in [0.25, 0.3) is 11.1 Å². The topological polar surface area (TPSA) is 71.0 Å². The number of ether oxygens (including phenoxy) is 2. The fourth-order valence-corrected chi connectivity index (χ4v) is 5.52. The minimum Gasteiger partial charge on any atom is -0.392 e. The minimum atomic E-state index is -0.515. The van der Waals surface area contributed by atoms with Crippen LogP contribution in [-0.4, -0.2) is 35.6 Å². The third kappa shape index (κ3) is 7.52. The number of nitrogens with zero attached hydrogens (tertiary/aromatic N) is 1. The Morgan fingerprint density at radius 3 is 2.19 bits per heavy atom. The maximum atomic E-state index is 11.3. The molecule has 0 aromatic heterocycles. The zero-order valence-electron chi connectivity index (χ0n) is 24.6. The number of likely N-dealkylation sites (N-methyl/N-ethyl adjacent to an activating group) is 1. The highest BCUT2D eigenvalue weighted by Gasteiger charge is 2.38. The number of aliphatic hydroxyl groups is 1. The van der Waals surface area contributed by atoms with Crippen molar-refractivity contribution in [3.63, 3.8) is 0 Å². The molecule has 1 aliphatic heterocycles. The van der Waals surface area contributed by atoms with Crippen molar-refractivity contribution < 1.29 is 19.4 Å². The van der Waals surface area contributed by atoms with Crippen LogP contribution in [0.2, 0.25) is 0 Å². The number of amides is 1. The van der Waals surface area contributed by atoms with Crippen molar-refractivity contribution in [1.82, 2.24) is 10.2 Å². The summed E-state index contributed by atoms with van der Waals surface area (Å²) in [6.07, 6.45) is -0.721. The Kier molecular flexibility index (Phi) is 9.82. The summed E-state index contributed by atoms with van der Waals surface area (Å²) in [5.74, 6) is 0.0730. The predicted octanol–water partition coefficient (Wildman–Crippen LogP) is 6.41. The van der Waals surface area contributed by atoms with E-state index in [4.69, 9.17) is 9.47 Å². The van der Waals surface area contributed by atoms with Crippen LogP contribution in [0.15, 0.2) is 103 Å². The fraction of sp³-hybridized carbons (Fsp3) is 0.306. The van der Waals surface area contributed by atoms with Crippen molar-refractivity contribution in [3.05, 3.63) is 131 Å². The van der Waals surface area contributed by atoms with Gasteiger partial charge in [0.1, 0.15) is 0 Å². The third-order valence-corrected chi connectivity index (χ3v) is 7.89. The van der Waals surface area contributed by atoms with E-state index < -0.39 is 6.29 Å². The monoisotopic (exact) mass is 564 g/mol. The van der Waals surface area contributed by atoms with Crippen molar-refractivity contribution in [2.75, 3.05) is 13.6 Å². The summed E-state index contributed by atoms with van der Waals surface area (Å²) in [5.41, 5.74) is 7.42. The van der Waals surface area contributed by atoms with E-state index in [9.17, 15) is 9.90 Å². The van der Waals surface area contributed by atoms with E-state index in [0.717, 1.165) is 46.5 Å². The van der Waals surface area contributed by atoms with Gasteiger partial charge in [0.2, 0.25) is 5.91 Å². The van der Waals surface area contributed by atoms with Gasteiger partial charge in [-0.2, -0.15) is 0 Å². The summed E-state index contributed by atoms with van der Waals surface area (Å²) in [4.78, 5) is 13.6. The van der Waals surface area contributed by atoms with E-state index in [-0.39, 0.29) is 30.6 Å². The van der Waals surface area contributed by atoms with Crippen LogP contribution in [0.4, 0.5) is 0 Å². The molecule has 4 aromatic carbocycles. The molecule has 6 heteroatoms. The van der Waals surface area contributed by atoms with Crippen LogP contribution in [0.3, 0.4) is 0 Å². The maximum absolute atomic E-state index is 11.3. The predicted molar refractivity (Wildman–Crippen MR) is 165 cm³/mol. The van der Waals surface area contributed by atoms with E-state index in [0.29, 0.717) is 6.54 Å². The second-order valence-electron chi connectivity index (χ2n) is 11.2. The Morgan fingerprint density at radius 1 is 0.810 bits per heavy atom. The first kappa shape index (κ1) is 29.7. The number of carbonyl (C=O) groups is 1. The first-order chi connectivity index (χ1) is 20.4. The molecule has 1 amide bonds. The highest BCUT2D eigenvalue weighted by Crippen LogP contribution is 2.42. The van der Waals surface area contributed by atoms with Gasteiger partial charge < -0.3 is 19.9 Å². The molecular formula is C36H40N2O4. The molecule has 5 rings (SSSR count). The summed E-state index contributed by atoms with van der Waals surface area (Å²) in [6, 6.07) is 35.1. The van der Waals surface area contributed by atoms with Crippen LogP contribution < -0.4 is 5.32 Å². The SMILES string of the molecule is CC(=O)NCc1cccc(-c2ccc([C@H]3O[C@@H](CN(C)Cc4ccccc4)[C@@H](C)[C@@H](c4ccc(CO)cc4)O3)cc2)c1. The average molecular weight is 565 g/mol. The van der Waals surface area contributed by atoms with Gasteiger partial charge in [0, 0.05) is 38.0 Å². The first-order valence-electron chi connectivity index (χ1n) is 14.6. The van der Waals surface area contributed by atoms with Crippen molar-refractivity contribution in [1.29, 1.82) is 0 Å². The molecule has 4 aromatic rings. The van der Waals surface area contributed by atoms with Crippen molar-refractivity contribution in [2.24, 2.45) is 5.92 Å². The second-order valence-corrected chi connectivity index (χ2v) is 11.2. The van der Waals surface area contributed by atoms with Gasteiger partial charge in [0.25, 0.3) is 0 Å². The van der Waals surface area contributed by atoms with Gasteiger partial charge in [-0.05, 0) is 46.5 Å². The number of benzene rings is 4. The highest BCUT2D eigenvalue weighted by atomic mass is 16.7. The molecule has 1 aliphatic rings. The van der Waals surface area contributed by atoms with Crippen LogP contribution >= 0.6 is 0 Å². The van der Waals surface area contributed by atoms with E-state index >= 15 is 0 Å². The van der Waals surface area contributed by atoms with Crippen LogP contribution in [0.5, 0.6) is 0 Å². The quantitative estimate of drug-likeness (QED) is 0.233. The largest absolute Gasteiger partial charge is 0.392 e. The van der Waals surface area contributed by atoms with E-state index in [1.807, 2.05) is 30.3 Å². The van der Waals surface area contributed by atoms with Crippen molar-refractivity contribution in [3.8, 4) is 11.1 Å². The molecule has 0 aliphatic carbocycles. The summed E-state index contributed by atoms with van der Waals surface area (Å²) in [7, 11) is 2.13. The molecule has 1 heterocycles. The molecule has 42 heavy (non-hydrogen) atoms. The lowest BCUT2D eigenvalue weighted by Crippen LogP contribution is -2.43. The summed E-state index contributed by atoms with van der Waals surface area (Å²) < 4.78 is 13.3. The molecule has 2 N–H and O–H groups in total. The Morgan fingerprint density at radius 2 is 1.50 bits per heavy atom. The summed E-state index contributed by atoms with van der Waals surface area (Å²) in [5, 5.41) is 12.4. The zero-order valence-corrected chi connectivity index (χ0v) is 24.6. The van der Waals surface area contributed by atoms with Gasteiger partial charge in [-0.25, -0.2) is 0 Å². The lowest BCUT2D eigenvalue weighted by molar-refractivity contribution is -0.276. The fourth-order valence-electron chi connectivity index (χ4n) is 5.52. The summed E-state index contributed by atoms with van der Waals surface area (Å²) in [6.45, 7) is 5.84. The third-order valence-electron chi connectivity index (χ3n) is 7.89. The van der Waals surface area contributed by atoms with E-state index in [2.05, 4.69) is 97.0 Å². The Bertz CT molecular complexity index is 1440. The Balaban J connectivity index is 1.36. The number of rotatable bonds is 10. The van der Waals surface area contributed by atoms with Gasteiger partial charge in [0.15, 0.2) is 6.29 Å². The normalized spacial score (nSPS) is 20.4. The van der Waals surface area contributed by atoms with E-state index in [1.54, 1.807) is 0 Å². The second kappa shape index (κ2) is 13.9. The van der Waals surface area contributed by atoms with Crippen LogP contribution in [0, 0.1) is 5.92 Å². The maximum Gasteiger partial charge on any atom is 0.217 e. The molecule has 0 unspecified atom stereocenters. The Labute approximate surface area is 248 Å². The van der Waals surface area contributed by atoms with Crippen LogP contribution in [-0.2, 0) is 34.0 Å². The molecule has 1 fully saturated rings. The molecule has 4 atom stereocenters. The van der Waals surface area contributed by atoms with Crippen LogP contribution in [0.1, 0.15) is 54.1 Å². The van der Waals surface area contributed by atoms with Crippen molar-refractivity contribution >= 4 is 5.91 Å². The number of hydrogen-bond acceptors (Lipinski definition) is 5. The van der Waals surface area contributed by atoms with Gasteiger partial charge >= 0.3 is 0 Å². The minimum absolute atomic E-state index is 0.0164. The average Bonchev–Trinajstić information content (AvgIpc) is 3.02. The number of nitrogens with one attached hydrogen (secondary N) is 1. The Hall–Kier alpha value is -3.81.